The lowest BCUT2D eigenvalue weighted by Gasteiger charge is -2.23. The lowest BCUT2D eigenvalue weighted by Crippen LogP contribution is -2.46. The Morgan fingerprint density at radius 1 is 1.35 bits per heavy atom. The van der Waals surface area contributed by atoms with Gasteiger partial charge < -0.3 is 25.6 Å². The van der Waals surface area contributed by atoms with Crippen LogP contribution in [0.25, 0.3) is 0 Å². The molecular formula is C13H24N2O5. The van der Waals surface area contributed by atoms with Crippen molar-refractivity contribution in [2.75, 3.05) is 19.7 Å². The Bertz CT molecular complexity index is 327. The molecule has 2 amide bonds. The summed E-state index contributed by atoms with van der Waals surface area (Å²) in [6.07, 6.45) is 3.84. The normalized spacial score (nSPS) is 21.8. The zero-order valence-electron chi connectivity index (χ0n) is 11.9. The van der Waals surface area contributed by atoms with E-state index in [1.54, 1.807) is 0 Å². The Morgan fingerprint density at radius 2 is 2.10 bits per heavy atom. The summed E-state index contributed by atoms with van der Waals surface area (Å²) in [5.74, 6) is -1.10. The fraction of sp³-hybridized carbons (Fsp3) is 0.846. The topological polar surface area (TPSA) is 108 Å². The number of carbonyl (C=O) groups is 2. The number of aliphatic hydroxyl groups is 1. The maximum Gasteiger partial charge on any atom is 0.314 e. The molecule has 0 aromatic heterocycles. The van der Waals surface area contributed by atoms with E-state index in [-0.39, 0.29) is 12.6 Å². The molecule has 0 saturated carbocycles. The minimum Gasteiger partial charge on any atom is -0.481 e. The van der Waals surface area contributed by atoms with Crippen molar-refractivity contribution in [2.24, 2.45) is 0 Å². The molecule has 0 bridgehead atoms. The zero-order chi connectivity index (χ0) is 15.0. The number of ether oxygens (including phenoxy) is 1. The molecule has 0 aromatic rings. The number of carboxylic acids is 1. The lowest BCUT2D eigenvalue weighted by atomic mass is 10.0. The Hall–Kier alpha value is -1.34. The first-order valence-electron chi connectivity index (χ1n) is 6.96. The summed E-state index contributed by atoms with van der Waals surface area (Å²) < 4.78 is 5.54. The molecular weight excluding hydrogens is 264 g/mol. The van der Waals surface area contributed by atoms with Gasteiger partial charge in [-0.05, 0) is 32.6 Å². The maximum absolute atomic E-state index is 11.5. The van der Waals surface area contributed by atoms with E-state index in [1.807, 2.05) is 0 Å². The number of carbonyl (C=O) groups excluding carboxylic acids is 1. The van der Waals surface area contributed by atoms with Crippen LogP contribution in [0.4, 0.5) is 4.79 Å². The smallest absolute Gasteiger partial charge is 0.314 e. The standard InChI is InChI=1S/C13H24N2O5/c1-13(19,8-11(16)17)9-15-12(18)14-6-5-10-4-2-3-7-20-10/h10,19H,2-9H2,1H3,(H,16,17)(H2,14,15,18). The minimum absolute atomic E-state index is 0.106. The van der Waals surface area contributed by atoms with Crippen molar-refractivity contribution in [3.8, 4) is 0 Å². The summed E-state index contributed by atoms with van der Waals surface area (Å²) in [6.45, 7) is 2.55. The highest BCUT2D eigenvalue weighted by atomic mass is 16.5. The first-order chi connectivity index (χ1) is 9.39. The summed E-state index contributed by atoms with van der Waals surface area (Å²) >= 11 is 0. The third-order valence-corrected chi connectivity index (χ3v) is 3.19. The van der Waals surface area contributed by atoms with E-state index in [9.17, 15) is 14.7 Å². The first kappa shape index (κ1) is 16.7. The van der Waals surface area contributed by atoms with Crippen LogP contribution in [0.2, 0.25) is 0 Å². The van der Waals surface area contributed by atoms with Gasteiger partial charge in [0.25, 0.3) is 0 Å². The van der Waals surface area contributed by atoms with Crippen molar-refractivity contribution >= 4 is 12.0 Å². The number of carboxylic acid groups (broad SMARTS) is 1. The third-order valence-electron chi connectivity index (χ3n) is 3.19. The van der Waals surface area contributed by atoms with Crippen LogP contribution in [0.5, 0.6) is 0 Å². The molecule has 0 aliphatic carbocycles. The Balaban J connectivity index is 2.12. The molecule has 1 saturated heterocycles. The average Bonchev–Trinajstić information content (AvgIpc) is 2.36. The number of urea groups is 1. The van der Waals surface area contributed by atoms with E-state index in [4.69, 9.17) is 9.84 Å². The predicted octanol–water partition coefficient (Wildman–Crippen LogP) is 0.470. The van der Waals surface area contributed by atoms with Crippen LogP contribution in [-0.2, 0) is 9.53 Å². The molecule has 4 N–H and O–H groups in total. The second kappa shape index (κ2) is 8.06. The van der Waals surface area contributed by atoms with Crippen LogP contribution in [0.3, 0.4) is 0 Å². The number of rotatable bonds is 7. The van der Waals surface area contributed by atoms with Crippen LogP contribution in [-0.4, -0.2) is 53.6 Å². The van der Waals surface area contributed by atoms with Gasteiger partial charge in [0.1, 0.15) is 0 Å². The van der Waals surface area contributed by atoms with Crippen LogP contribution in [0.1, 0.15) is 39.0 Å². The lowest BCUT2D eigenvalue weighted by molar-refractivity contribution is -0.141. The quantitative estimate of drug-likeness (QED) is 0.544. The highest BCUT2D eigenvalue weighted by molar-refractivity contribution is 5.74. The Morgan fingerprint density at radius 3 is 2.70 bits per heavy atom. The number of aliphatic carboxylic acids is 1. The molecule has 2 unspecified atom stereocenters. The first-order valence-corrected chi connectivity index (χ1v) is 6.96. The number of amides is 2. The summed E-state index contributed by atoms with van der Waals surface area (Å²) in [5.41, 5.74) is -1.45. The van der Waals surface area contributed by atoms with E-state index in [2.05, 4.69) is 10.6 Å². The fourth-order valence-corrected chi connectivity index (χ4v) is 2.10. The Kier molecular flexibility index (Phi) is 6.74. The van der Waals surface area contributed by atoms with Crippen molar-refractivity contribution in [3.05, 3.63) is 0 Å². The minimum atomic E-state index is -1.45. The average molecular weight is 288 g/mol. The molecule has 1 fully saturated rings. The van der Waals surface area contributed by atoms with Gasteiger partial charge >= 0.3 is 12.0 Å². The SMILES string of the molecule is CC(O)(CNC(=O)NCCC1CCCCO1)CC(=O)O. The van der Waals surface area contributed by atoms with Gasteiger partial charge in [0.05, 0.1) is 18.1 Å². The van der Waals surface area contributed by atoms with Gasteiger partial charge in [0, 0.05) is 19.7 Å². The highest BCUT2D eigenvalue weighted by Crippen LogP contribution is 2.14. The van der Waals surface area contributed by atoms with Gasteiger partial charge in [-0.2, -0.15) is 0 Å². The van der Waals surface area contributed by atoms with Gasteiger partial charge in [-0.1, -0.05) is 0 Å². The molecule has 20 heavy (non-hydrogen) atoms. The van der Waals surface area contributed by atoms with Crippen LogP contribution in [0, 0.1) is 0 Å². The van der Waals surface area contributed by atoms with Crippen molar-refractivity contribution in [1.82, 2.24) is 10.6 Å². The third kappa shape index (κ3) is 7.30. The molecule has 0 spiro atoms. The molecule has 1 aliphatic rings. The second-order valence-electron chi connectivity index (χ2n) is 5.45. The van der Waals surface area contributed by atoms with E-state index in [1.165, 1.54) is 6.92 Å². The molecule has 7 nitrogen and oxygen atoms in total. The number of nitrogens with one attached hydrogen (secondary N) is 2. The number of hydrogen-bond donors (Lipinski definition) is 4. The van der Waals surface area contributed by atoms with Crippen molar-refractivity contribution in [2.45, 2.75) is 50.7 Å². The molecule has 7 heteroatoms. The molecule has 1 rings (SSSR count). The van der Waals surface area contributed by atoms with Crippen molar-refractivity contribution in [1.29, 1.82) is 0 Å². The molecule has 1 aliphatic heterocycles. The van der Waals surface area contributed by atoms with Crippen molar-refractivity contribution < 1.29 is 24.5 Å². The molecule has 2 atom stereocenters. The van der Waals surface area contributed by atoms with E-state index in [0.29, 0.717) is 6.54 Å². The van der Waals surface area contributed by atoms with Crippen LogP contribution >= 0.6 is 0 Å². The van der Waals surface area contributed by atoms with E-state index in [0.717, 1.165) is 32.3 Å². The van der Waals surface area contributed by atoms with Gasteiger partial charge in [-0.15, -0.1) is 0 Å². The summed E-state index contributed by atoms with van der Waals surface area (Å²) in [7, 11) is 0. The molecule has 0 aromatic carbocycles. The summed E-state index contributed by atoms with van der Waals surface area (Å²) in [4.78, 5) is 22.0. The van der Waals surface area contributed by atoms with Gasteiger partial charge in [-0.3, -0.25) is 4.79 Å². The highest BCUT2D eigenvalue weighted by Gasteiger charge is 2.24. The van der Waals surface area contributed by atoms with Gasteiger partial charge in [0.15, 0.2) is 0 Å². The fourth-order valence-electron chi connectivity index (χ4n) is 2.10. The van der Waals surface area contributed by atoms with Crippen LogP contribution in [0.15, 0.2) is 0 Å². The van der Waals surface area contributed by atoms with Crippen molar-refractivity contribution in [3.63, 3.8) is 0 Å². The molecule has 0 radical (unpaired) electrons. The van der Waals surface area contributed by atoms with Gasteiger partial charge in [0.2, 0.25) is 0 Å². The predicted molar refractivity (Wildman–Crippen MR) is 72.5 cm³/mol. The molecule has 1 heterocycles. The molecule has 116 valence electrons. The largest absolute Gasteiger partial charge is 0.481 e. The number of hydrogen-bond acceptors (Lipinski definition) is 4. The van der Waals surface area contributed by atoms with E-state index < -0.39 is 24.0 Å². The monoisotopic (exact) mass is 288 g/mol. The Labute approximate surface area is 118 Å². The zero-order valence-corrected chi connectivity index (χ0v) is 11.9. The van der Waals surface area contributed by atoms with E-state index >= 15 is 0 Å². The van der Waals surface area contributed by atoms with Gasteiger partial charge in [-0.25, -0.2) is 4.79 Å². The van der Waals surface area contributed by atoms with Crippen LogP contribution < -0.4 is 10.6 Å². The second-order valence-corrected chi connectivity index (χ2v) is 5.45. The summed E-state index contributed by atoms with van der Waals surface area (Å²) in [5, 5.41) is 23.4. The summed E-state index contributed by atoms with van der Waals surface area (Å²) in [6, 6.07) is -0.411. The maximum atomic E-state index is 11.5.